The molecule has 7 heteroatoms. The van der Waals surface area contributed by atoms with Gasteiger partial charge < -0.3 is 15.3 Å². The summed E-state index contributed by atoms with van der Waals surface area (Å²) in [6, 6.07) is -0.226. The molecule has 0 unspecified atom stereocenters. The van der Waals surface area contributed by atoms with Crippen molar-refractivity contribution < 1.29 is 14.7 Å². The molecule has 0 saturated carbocycles. The van der Waals surface area contributed by atoms with E-state index >= 15 is 0 Å². The van der Waals surface area contributed by atoms with Crippen molar-refractivity contribution in [1.82, 2.24) is 15.2 Å². The van der Waals surface area contributed by atoms with E-state index < -0.39 is 5.97 Å². The molecule has 2 amide bonds. The molecule has 0 radical (unpaired) electrons. The molecule has 0 aliphatic rings. The Bertz CT molecular complexity index is 493. The number of carbonyl (C=O) groups is 2. The summed E-state index contributed by atoms with van der Waals surface area (Å²) in [6.07, 6.45) is 5.66. The molecule has 6 nitrogen and oxygen atoms in total. The van der Waals surface area contributed by atoms with Crippen molar-refractivity contribution in [2.45, 2.75) is 13.3 Å². The lowest BCUT2D eigenvalue weighted by molar-refractivity contribution is 0.0691. The minimum absolute atomic E-state index is 0.0360. The van der Waals surface area contributed by atoms with Crippen LogP contribution in [0.25, 0.3) is 0 Å². The van der Waals surface area contributed by atoms with Gasteiger partial charge in [0.15, 0.2) is 5.69 Å². The van der Waals surface area contributed by atoms with Crippen LogP contribution in [0.15, 0.2) is 5.38 Å². The van der Waals surface area contributed by atoms with Crippen LogP contribution in [-0.4, -0.2) is 46.6 Å². The summed E-state index contributed by atoms with van der Waals surface area (Å²) in [5, 5.41) is 13.6. The third kappa shape index (κ3) is 4.60. The van der Waals surface area contributed by atoms with Gasteiger partial charge in [-0.1, -0.05) is 5.92 Å². The number of hydrogen-bond acceptors (Lipinski definition) is 4. The third-order valence-corrected chi connectivity index (χ3v) is 3.25. The Hall–Kier alpha value is -2.07. The van der Waals surface area contributed by atoms with E-state index in [2.05, 4.69) is 16.2 Å². The highest BCUT2D eigenvalue weighted by atomic mass is 32.1. The van der Waals surface area contributed by atoms with Gasteiger partial charge in [-0.15, -0.1) is 17.8 Å². The lowest BCUT2D eigenvalue weighted by Gasteiger charge is -2.18. The Kier molecular flexibility index (Phi) is 5.82. The number of thiazole rings is 1. The molecule has 102 valence electrons. The molecule has 0 aromatic carbocycles. The molecule has 0 aliphatic heterocycles. The first-order chi connectivity index (χ1) is 9.08. The number of terminal acetylenes is 1. The van der Waals surface area contributed by atoms with Gasteiger partial charge in [-0.05, 0) is 6.92 Å². The minimum atomic E-state index is -1.04. The summed E-state index contributed by atoms with van der Waals surface area (Å²) in [5.41, 5.74) is 0.0360. The van der Waals surface area contributed by atoms with Gasteiger partial charge in [0, 0.05) is 24.9 Å². The summed E-state index contributed by atoms with van der Waals surface area (Å²) in [4.78, 5) is 27.8. The van der Waals surface area contributed by atoms with E-state index in [0.717, 1.165) is 0 Å². The number of carboxylic acid groups (broad SMARTS) is 1. The first-order valence-corrected chi connectivity index (χ1v) is 6.60. The largest absolute Gasteiger partial charge is 0.476 e. The average Bonchev–Trinajstić information content (AvgIpc) is 2.84. The number of aromatic carboxylic acids is 1. The Morgan fingerprint density at radius 1 is 1.63 bits per heavy atom. The number of carboxylic acids is 1. The van der Waals surface area contributed by atoms with Crippen molar-refractivity contribution in [3.8, 4) is 12.3 Å². The van der Waals surface area contributed by atoms with Crippen molar-refractivity contribution in [3.63, 3.8) is 0 Å². The minimum Gasteiger partial charge on any atom is -0.476 e. The number of aromatic nitrogens is 1. The monoisotopic (exact) mass is 281 g/mol. The van der Waals surface area contributed by atoms with Gasteiger partial charge >= 0.3 is 12.0 Å². The molecule has 0 saturated heterocycles. The second kappa shape index (κ2) is 7.38. The lowest BCUT2D eigenvalue weighted by Crippen LogP contribution is -2.40. The smallest absolute Gasteiger partial charge is 0.355 e. The highest BCUT2D eigenvalue weighted by molar-refractivity contribution is 7.09. The van der Waals surface area contributed by atoms with Crippen LogP contribution in [-0.2, 0) is 6.42 Å². The van der Waals surface area contributed by atoms with E-state index in [1.165, 1.54) is 21.6 Å². The number of carbonyl (C=O) groups excluding carboxylic acids is 1. The molecule has 0 bridgehead atoms. The second-order valence-corrected chi connectivity index (χ2v) is 4.57. The summed E-state index contributed by atoms with van der Waals surface area (Å²) < 4.78 is 0. The second-order valence-electron chi connectivity index (χ2n) is 3.63. The molecule has 0 spiro atoms. The maximum atomic E-state index is 11.7. The van der Waals surface area contributed by atoms with Crippen molar-refractivity contribution in [3.05, 3.63) is 16.1 Å². The quantitative estimate of drug-likeness (QED) is 0.763. The standard InChI is InChI=1S/C12H15N3O3S/c1-3-7-15(4-2)12(18)13-6-5-10-14-9(8-19-10)11(16)17/h1,8H,4-7H2,2H3,(H,13,18)(H,16,17). The first-order valence-electron chi connectivity index (χ1n) is 5.72. The van der Waals surface area contributed by atoms with Crippen molar-refractivity contribution in [2.24, 2.45) is 0 Å². The van der Waals surface area contributed by atoms with Crippen molar-refractivity contribution >= 4 is 23.3 Å². The molecule has 19 heavy (non-hydrogen) atoms. The topological polar surface area (TPSA) is 82.5 Å². The number of rotatable bonds is 6. The van der Waals surface area contributed by atoms with Gasteiger partial charge in [-0.3, -0.25) is 0 Å². The fourth-order valence-corrected chi connectivity index (χ4v) is 2.12. The molecule has 1 heterocycles. The Balaban J connectivity index is 2.39. The van der Waals surface area contributed by atoms with Crippen LogP contribution < -0.4 is 5.32 Å². The lowest BCUT2D eigenvalue weighted by atomic mass is 10.4. The Labute approximate surface area is 115 Å². The van der Waals surface area contributed by atoms with Gasteiger partial charge in [0.05, 0.1) is 11.6 Å². The fraction of sp³-hybridized carbons (Fsp3) is 0.417. The highest BCUT2D eigenvalue weighted by Crippen LogP contribution is 2.09. The summed E-state index contributed by atoms with van der Waals surface area (Å²) in [5.74, 6) is 1.37. The number of amides is 2. The Morgan fingerprint density at radius 2 is 2.37 bits per heavy atom. The summed E-state index contributed by atoms with van der Waals surface area (Å²) in [7, 11) is 0. The maximum Gasteiger partial charge on any atom is 0.355 e. The molecule has 0 atom stereocenters. The van der Waals surface area contributed by atoms with E-state index in [1.807, 2.05) is 6.92 Å². The maximum absolute atomic E-state index is 11.7. The average molecular weight is 281 g/mol. The van der Waals surface area contributed by atoms with Crippen LogP contribution >= 0.6 is 11.3 Å². The van der Waals surface area contributed by atoms with Crippen LogP contribution in [0, 0.1) is 12.3 Å². The predicted octanol–water partition coefficient (Wildman–Crippen LogP) is 1.05. The van der Waals surface area contributed by atoms with Gasteiger partial charge in [-0.25, -0.2) is 14.6 Å². The highest BCUT2D eigenvalue weighted by Gasteiger charge is 2.11. The van der Waals surface area contributed by atoms with Crippen LogP contribution in [0.3, 0.4) is 0 Å². The number of urea groups is 1. The molecular formula is C12H15N3O3S. The van der Waals surface area contributed by atoms with Gasteiger partial charge in [0.25, 0.3) is 0 Å². The zero-order valence-electron chi connectivity index (χ0n) is 10.5. The molecule has 2 N–H and O–H groups in total. The van der Waals surface area contributed by atoms with Crippen LogP contribution in [0.1, 0.15) is 22.4 Å². The predicted molar refractivity (Wildman–Crippen MR) is 72.3 cm³/mol. The SMILES string of the molecule is C#CCN(CC)C(=O)NCCc1nc(C(=O)O)cs1. The third-order valence-electron chi connectivity index (χ3n) is 2.34. The molecule has 1 aromatic heterocycles. The van der Waals surface area contributed by atoms with E-state index in [0.29, 0.717) is 24.5 Å². The van der Waals surface area contributed by atoms with Crippen LogP contribution in [0.2, 0.25) is 0 Å². The van der Waals surface area contributed by atoms with Gasteiger partial charge in [0.2, 0.25) is 0 Å². The first kappa shape index (κ1) is 15.0. The van der Waals surface area contributed by atoms with E-state index in [4.69, 9.17) is 11.5 Å². The fourth-order valence-electron chi connectivity index (χ4n) is 1.35. The van der Waals surface area contributed by atoms with Crippen LogP contribution in [0.4, 0.5) is 4.79 Å². The zero-order valence-corrected chi connectivity index (χ0v) is 11.4. The molecule has 1 rings (SSSR count). The van der Waals surface area contributed by atoms with E-state index in [9.17, 15) is 9.59 Å². The van der Waals surface area contributed by atoms with Crippen molar-refractivity contribution in [1.29, 1.82) is 0 Å². The summed E-state index contributed by atoms with van der Waals surface area (Å²) >= 11 is 1.26. The van der Waals surface area contributed by atoms with Gasteiger partial charge in [-0.2, -0.15) is 0 Å². The summed E-state index contributed by atoms with van der Waals surface area (Å²) in [6.45, 7) is 3.04. The number of hydrogen-bond donors (Lipinski definition) is 2. The van der Waals surface area contributed by atoms with E-state index in [1.54, 1.807) is 0 Å². The molecule has 1 aromatic rings. The van der Waals surface area contributed by atoms with Crippen molar-refractivity contribution in [2.75, 3.05) is 19.6 Å². The number of nitrogens with zero attached hydrogens (tertiary/aromatic N) is 2. The molecular weight excluding hydrogens is 266 g/mol. The Morgan fingerprint density at radius 3 is 2.89 bits per heavy atom. The van der Waals surface area contributed by atoms with Gasteiger partial charge in [0.1, 0.15) is 0 Å². The van der Waals surface area contributed by atoms with Crippen LogP contribution in [0.5, 0.6) is 0 Å². The molecule has 0 aliphatic carbocycles. The van der Waals surface area contributed by atoms with E-state index in [-0.39, 0.29) is 18.3 Å². The number of nitrogens with one attached hydrogen (secondary N) is 1. The zero-order chi connectivity index (χ0) is 14.3. The normalized spacial score (nSPS) is 9.68. The molecule has 0 fully saturated rings.